The number of nitrogens with zero attached hydrogens (tertiary/aromatic N) is 8. The number of ether oxygens (including phenoxy) is 1. The minimum absolute atomic E-state index is 0.0308. The lowest BCUT2D eigenvalue weighted by molar-refractivity contribution is -0.129. The van der Waals surface area contributed by atoms with Gasteiger partial charge in [-0.2, -0.15) is 0 Å². The van der Waals surface area contributed by atoms with Crippen LogP contribution in [0.1, 0.15) is 52.9 Å². The molecule has 6 rings (SSSR count). The lowest BCUT2D eigenvalue weighted by Gasteiger charge is -2.38. The van der Waals surface area contributed by atoms with Crippen LogP contribution in [0.25, 0.3) is 10.4 Å². The summed E-state index contributed by atoms with van der Waals surface area (Å²) >= 11 is 0. The summed E-state index contributed by atoms with van der Waals surface area (Å²) in [4.78, 5) is 54.9. The van der Waals surface area contributed by atoms with E-state index in [2.05, 4.69) is 20.3 Å². The van der Waals surface area contributed by atoms with Crippen molar-refractivity contribution in [3.63, 3.8) is 0 Å². The summed E-state index contributed by atoms with van der Waals surface area (Å²) < 4.78 is 34.6. The van der Waals surface area contributed by atoms with Crippen LogP contribution in [-0.4, -0.2) is 75.8 Å². The Hall–Kier alpha value is -5.17. The Bertz CT molecular complexity index is 1770. The monoisotopic (exact) mass is 647 g/mol. The molecule has 47 heavy (non-hydrogen) atoms. The van der Waals surface area contributed by atoms with Crippen LogP contribution in [0.15, 0.2) is 75.5 Å². The molecule has 246 valence electrons. The number of hydrogen-bond acceptors (Lipinski definition) is 9. The van der Waals surface area contributed by atoms with Gasteiger partial charge in [0.1, 0.15) is 17.1 Å². The Morgan fingerprint density at radius 2 is 2.02 bits per heavy atom. The molecule has 13 nitrogen and oxygen atoms in total. The van der Waals surface area contributed by atoms with Crippen LogP contribution in [0, 0.1) is 11.6 Å². The van der Waals surface area contributed by atoms with Gasteiger partial charge in [-0.1, -0.05) is 5.11 Å². The predicted octanol–water partition coefficient (Wildman–Crippen LogP) is 5.09. The number of aromatic nitrogens is 1. The van der Waals surface area contributed by atoms with Crippen molar-refractivity contribution in [2.24, 2.45) is 5.11 Å². The molecule has 0 fully saturated rings. The molecule has 0 aromatic carbocycles. The van der Waals surface area contributed by atoms with Gasteiger partial charge in [0.25, 0.3) is 0 Å². The van der Waals surface area contributed by atoms with E-state index < -0.39 is 29.4 Å². The highest BCUT2D eigenvalue weighted by atomic mass is 19.1. The number of azide groups is 1. The molecule has 1 unspecified atom stereocenters. The van der Waals surface area contributed by atoms with E-state index in [9.17, 15) is 18.8 Å². The number of carbonyl (C=O) groups excluding carboxylic acids is 3. The van der Waals surface area contributed by atoms with Crippen molar-refractivity contribution < 1.29 is 27.9 Å². The molecule has 5 heterocycles. The summed E-state index contributed by atoms with van der Waals surface area (Å²) in [6, 6.07) is 0.270. The number of fused-ring (bicyclic) bond motifs is 1. The zero-order chi connectivity index (χ0) is 33.6. The summed E-state index contributed by atoms with van der Waals surface area (Å²) in [5, 5.41) is 6.95. The lowest BCUT2D eigenvalue weighted by Crippen LogP contribution is -2.43. The van der Waals surface area contributed by atoms with Gasteiger partial charge in [-0.25, -0.2) is 18.6 Å². The van der Waals surface area contributed by atoms with Gasteiger partial charge in [-0.05, 0) is 51.1 Å². The smallest absolute Gasteiger partial charge is 0.418 e. The van der Waals surface area contributed by atoms with Crippen LogP contribution >= 0.6 is 0 Å². The number of anilines is 1. The summed E-state index contributed by atoms with van der Waals surface area (Å²) in [6.45, 7) is 6.00. The molecule has 1 N–H and O–H groups in total. The number of nitrogens with one attached hydrogen (secondary N) is 1. The average Bonchev–Trinajstić information content (AvgIpc) is 3.31. The van der Waals surface area contributed by atoms with Gasteiger partial charge in [0.15, 0.2) is 11.6 Å². The highest BCUT2D eigenvalue weighted by molar-refractivity contribution is 6.14. The van der Waals surface area contributed by atoms with E-state index in [4.69, 9.17) is 10.3 Å². The summed E-state index contributed by atoms with van der Waals surface area (Å²) in [5.41, 5.74) is 11.3. The Morgan fingerprint density at radius 3 is 2.74 bits per heavy atom. The Morgan fingerprint density at radius 1 is 1.23 bits per heavy atom. The SMILES string of the molecule is CN1C=CN(C(=O)OC(C)(C)C)C2=C1C(=O)C1=C(C2)CN(C(=O)CCCCN=[N+]=[N-])C2=CN(c3ncc(F)cc3F)C3CCNC1=C23. The van der Waals surface area contributed by atoms with Crippen LogP contribution < -0.4 is 10.2 Å². The van der Waals surface area contributed by atoms with E-state index in [1.165, 1.54) is 4.90 Å². The number of ketones is 1. The number of carbonyl (C=O) groups is 3. The number of pyridine rings is 1. The first-order valence-corrected chi connectivity index (χ1v) is 15.4. The second kappa shape index (κ2) is 12.2. The van der Waals surface area contributed by atoms with Crippen LogP contribution in [0.4, 0.5) is 19.4 Å². The molecule has 1 atom stereocenters. The number of rotatable bonds is 6. The van der Waals surface area contributed by atoms with Gasteiger partial charge in [-0.3, -0.25) is 14.5 Å². The first-order valence-electron chi connectivity index (χ1n) is 15.4. The molecule has 1 aromatic rings. The number of amides is 2. The molecule has 0 saturated carbocycles. The summed E-state index contributed by atoms with van der Waals surface area (Å²) in [5.74, 6) is -2.32. The van der Waals surface area contributed by atoms with Gasteiger partial charge >= 0.3 is 6.09 Å². The third-order valence-electron chi connectivity index (χ3n) is 8.50. The van der Waals surface area contributed by atoms with Crippen LogP contribution in [-0.2, 0) is 14.3 Å². The molecule has 0 radical (unpaired) electrons. The summed E-state index contributed by atoms with van der Waals surface area (Å²) in [7, 11) is 1.73. The van der Waals surface area contributed by atoms with Gasteiger partial charge in [-0.15, -0.1) is 0 Å². The number of hydrogen-bond donors (Lipinski definition) is 1. The van der Waals surface area contributed by atoms with Crippen molar-refractivity contribution >= 4 is 23.6 Å². The molecule has 1 aromatic heterocycles. The standard InChI is InChI=1S/C32H35F2N9O4/c1-32(2,3)47-31(46)41-12-11-40(4)28-22(41)13-18-16-42(24(44)7-5-6-9-38-39-35)23-17-43(30-20(34)14-19(33)15-37-30)21-8-10-36-27(26(21)23)25(18)29(28)45/h11-12,14-15,17,21,36H,5-10,13,16H2,1-4H3. The van der Waals surface area contributed by atoms with Crippen molar-refractivity contribution in [1.82, 2.24) is 25.0 Å². The fraction of sp³-hybridized carbons (Fsp3) is 0.438. The first kappa shape index (κ1) is 31.8. The number of allylic oxidation sites excluding steroid dienone is 3. The second-order valence-electron chi connectivity index (χ2n) is 12.8. The maximum absolute atomic E-state index is 15.1. The number of Topliss-reactive ketones (excluding diaryl/α,β-unsaturated/α-hetero) is 1. The molecular weight excluding hydrogens is 612 g/mol. The topological polar surface area (TPSA) is 147 Å². The second-order valence-corrected chi connectivity index (χ2v) is 12.8. The van der Waals surface area contributed by atoms with E-state index in [1.807, 2.05) is 0 Å². The fourth-order valence-electron chi connectivity index (χ4n) is 6.58. The molecule has 0 bridgehead atoms. The molecule has 0 spiro atoms. The van der Waals surface area contributed by atoms with Gasteiger partial charge in [0.2, 0.25) is 11.7 Å². The maximum Gasteiger partial charge on any atom is 0.418 e. The van der Waals surface area contributed by atoms with Crippen molar-refractivity contribution in [2.45, 2.75) is 64.5 Å². The van der Waals surface area contributed by atoms with Gasteiger partial charge < -0.3 is 24.8 Å². The first-order chi connectivity index (χ1) is 22.4. The third kappa shape index (κ3) is 5.82. The number of halogens is 2. The normalized spacial score (nSPS) is 20.3. The number of unbranched alkanes of at least 4 members (excludes halogenated alkanes) is 1. The van der Waals surface area contributed by atoms with Crippen molar-refractivity contribution in [3.05, 3.63) is 92.4 Å². The molecule has 1 aliphatic carbocycles. The van der Waals surface area contributed by atoms with E-state index in [-0.39, 0.29) is 43.4 Å². The van der Waals surface area contributed by atoms with Gasteiger partial charge in [0, 0.05) is 80.2 Å². The molecule has 5 aliphatic rings. The van der Waals surface area contributed by atoms with E-state index in [0.717, 1.165) is 12.3 Å². The molecule has 0 saturated heterocycles. The molecular formula is C32H35F2N9O4. The zero-order valence-electron chi connectivity index (χ0n) is 26.6. The van der Waals surface area contributed by atoms with E-state index in [1.54, 1.807) is 61.1 Å². The minimum Gasteiger partial charge on any atom is -0.443 e. The van der Waals surface area contributed by atoms with Crippen molar-refractivity contribution in [2.75, 3.05) is 31.6 Å². The van der Waals surface area contributed by atoms with E-state index in [0.29, 0.717) is 65.3 Å². The highest BCUT2D eigenvalue weighted by Gasteiger charge is 2.47. The lowest BCUT2D eigenvalue weighted by atomic mass is 9.84. The maximum atomic E-state index is 15.1. The van der Waals surface area contributed by atoms with Crippen molar-refractivity contribution in [3.8, 4) is 0 Å². The number of likely N-dealkylation sites (N-methyl/N-ethyl adjacent to an activating group) is 1. The van der Waals surface area contributed by atoms with Crippen LogP contribution in [0.3, 0.4) is 0 Å². The van der Waals surface area contributed by atoms with E-state index >= 15 is 4.39 Å². The van der Waals surface area contributed by atoms with Crippen LogP contribution in [0.5, 0.6) is 0 Å². The molecule has 2 amide bonds. The largest absolute Gasteiger partial charge is 0.443 e. The Balaban J connectivity index is 1.45. The quantitative estimate of drug-likeness (QED) is 0.194. The zero-order valence-corrected chi connectivity index (χ0v) is 26.6. The Labute approximate surface area is 270 Å². The van der Waals surface area contributed by atoms with Crippen LogP contribution in [0.2, 0.25) is 0 Å². The predicted molar refractivity (Wildman–Crippen MR) is 166 cm³/mol. The average molecular weight is 648 g/mol. The molecule has 15 heteroatoms. The van der Waals surface area contributed by atoms with Gasteiger partial charge in [0.05, 0.1) is 29.3 Å². The summed E-state index contributed by atoms with van der Waals surface area (Å²) in [6.07, 6.45) is 6.89. The highest BCUT2D eigenvalue weighted by Crippen LogP contribution is 2.47. The van der Waals surface area contributed by atoms with Crippen molar-refractivity contribution in [1.29, 1.82) is 0 Å². The molecule has 4 aliphatic heterocycles. The minimum atomic E-state index is -0.851. The Kier molecular flexibility index (Phi) is 8.26. The third-order valence-corrected chi connectivity index (χ3v) is 8.50. The fourth-order valence-corrected chi connectivity index (χ4v) is 6.58.